The molecule has 0 unspecified atom stereocenters. The zero-order valence-electron chi connectivity index (χ0n) is 17.1. The van der Waals surface area contributed by atoms with Gasteiger partial charge in [0.1, 0.15) is 4.90 Å². The van der Waals surface area contributed by atoms with Gasteiger partial charge in [-0.2, -0.15) is 9.29 Å². The van der Waals surface area contributed by atoms with Crippen molar-refractivity contribution in [2.75, 3.05) is 26.2 Å². The van der Waals surface area contributed by atoms with Crippen LogP contribution in [0.4, 0.5) is 13.2 Å². The van der Waals surface area contributed by atoms with E-state index in [1.54, 1.807) is 4.68 Å². The van der Waals surface area contributed by atoms with Crippen LogP contribution in [0.2, 0.25) is 0 Å². The van der Waals surface area contributed by atoms with Crippen molar-refractivity contribution in [3.63, 3.8) is 0 Å². The maximum atomic E-state index is 14.0. The van der Waals surface area contributed by atoms with E-state index >= 15 is 0 Å². The second-order valence-corrected chi connectivity index (χ2v) is 9.76. The molecule has 1 aliphatic rings. The molecular weight excluding hydrogens is 463 g/mol. The van der Waals surface area contributed by atoms with Gasteiger partial charge in [-0.3, -0.25) is 10.00 Å². The summed E-state index contributed by atoms with van der Waals surface area (Å²) in [5, 5.41) is 3.15. The molecular formula is C20H20F3N5O2S2. The van der Waals surface area contributed by atoms with E-state index in [9.17, 15) is 21.6 Å². The van der Waals surface area contributed by atoms with Crippen molar-refractivity contribution in [3.05, 3.63) is 64.2 Å². The van der Waals surface area contributed by atoms with Crippen molar-refractivity contribution in [3.8, 4) is 11.4 Å². The molecule has 0 aliphatic carbocycles. The topological polar surface area (TPSA) is 74.2 Å². The van der Waals surface area contributed by atoms with Gasteiger partial charge >= 0.3 is 0 Å². The standard InChI is InChI=1S/C20H20F3N5O2S2/c1-13-2-4-14(5-3-13)19-24-20(31)28(25-19)12-26-8-10-27(11-9-26)32(29,30)16-7-6-15(21)17(22)18(16)23/h2-7H,8-12H2,1H3,(H,24,25,31). The van der Waals surface area contributed by atoms with Crippen LogP contribution in [0, 0.1) is 29.1 Å². The van der Waals surface area contributed by atoms with Crippen molar-refractivity contribution in [2.45, 2.75) is 18.5 Å². The molecule has 0 amide bonds. The third kappa shape index (κ3) is 4.35. The van der Waals surface area contributed by atoms with Crippen molar-refractivity contribution in [1.29, 1.82) is 0 Å². The lowest BCUT2D eigenvalue weighted by Crippen LogP contribution is -2.49. The highest BCUT2D eigenvalue weighted by Gasteiger charge is 2.32. The maximum absolute atomic E-state index is 14.0. The lowest BCUT2D eigenvalue weighted by Gasteiger charge is -2.33. The largest absolute Gasteiger partial charge is 0.282 e. The van der Waals surface area contributed by atoms with Gasteiger partial charge in [0.2, 0.25) is 14.8 Å². The van der Waals surface area contributed by atoms with Crippen LogP contribution in [0.3, 0.4) is 0 Å². The zero-order valence-corrected chi connectivity index (χ0v) is 18.7. The van der Waals surface area contributed by atoms with Gasteiger partial charge in [-0.15, -0.1) is 0 Å². The summed E-state index contributed by atoms with van der Waals surface area (Å²) in [6.45, 7) is 3.16. The van der Waals surface area contributed by atoms with Crippen LogP contribution in [0.1, 0.15) is 5.56 Å². The fourth-order valence-corrected chi connectivity index (χ4v) is 5.12. The van der Waals surface area contributed by atoms with E-state index in [1.165, 1.54) is 0 Å². The number of halogens is 3. The van der Waals surface area contributed by atoms with E-state index in [-0.39, 0.29) is 13.1 Å². The summed E-state index contributed by atoms with van der Waals surface area (Å²) >= 11 is 5.33. The molecule has 0 radical (unpaired) electrons. The van der Waals surface area contributed by atoms with Gasteiger partial charge in [0.05, 0.1) is 6.67 Å². The molecule has 1 N–H and O–H groups in total. The van der Waals surface area contributed by atoms with E-state index in [4.69, 9.17) is 12.2 Å². The first-order chi connectivity index (χ1) is 15.2. The molecule has 4 rings (SSSR count). The minimum absolute atomic E-state index is 0.0625. The minimum atomic E-state index is -4.29. The Balaban J connectivity index is 1.44. The highest BCUT2D eigenvalue weighted by atomic mass is 32.2. The van der Waals surface area contributed by atoms with Crippen LogP contribution in [0.5, 0.6) is 0 Å². The molecule has 2 aromatic carbocycles. The van der Waals surface area contributed by atoms with Crippen LogP contribution in [-0.4, -0.2) is 58.6 Å². The number of hydrogen-bond donors (Lipinski definition) is 1. The van der Waals surface area contributed by atoms with Gasteiger partial charge in [0, 0.05) is 31.7 Å². The number of piperazine rings is 1. The fourth-order valence-electron chi connectivity index (χ4n) is 3.45. The first-order valence-electron chi connectivity index (χ1n) is 9.76. The molecule has 12 heteroatoms. The lowest BCUT2D eigenvalue weighted by atomic mass is 10.1. The molecule has 3 aromatic rings. The first kappa shape index (κ1) is 22.6. The molecule has 1 aliphatic heterocycles. The van der Waals surface area contributed by atoms with E-state index in [2.05, 4.69) is 10.1 Å². The van der Waals surface area contributed by atoms with Crippen LogP contribution < -0.4 is 0 Å². The van der Waals surface area contributed by atoms with Gasteiger partial charge in [0.25, 0.3) is 0 Å². The average molecular weight is 484 g/mol. The molecule has 2 heterocycles. The monoisotopic (exact) mass is 483 g/mol. The van der Waals surface area contributed by atoms with E-state index < -0.39 is 32.4 Å². The van der Waals surface area contributed by atoms with Gasteiger partial charge in [0.15, 0.2) is 23.3 Å². The average Bonchev–Trinajstić information content (AvgIpc) is 3.13. The minimum Gasteiger partial charge on any atom is -0.282 e. The Kier molecular flexibility index (Phi) is 6.21. The molecule has 1 aromatic heterocycles. The summed E-state index contributed by atoms with van der Waals surface area (Å²) in [4.78, 5) is 5.46. The molecule has 0 spiro atoms. The van der Waals surface area contributed by atoms with Crippen LogP contribution in [0.25, 0.3) is 11.4 Å². The predicted octanol–water partition coefficient (Wildman–Crippen LogP) is 3.30. The molecule has 0 bridgehead atoms. The number of benzene rings is 2. The summed E-state index contributed by atoms with van der Waals surface area (Å²) in [5.74, 6) is -4.32. The van der Waals surface area contributed by atoms with Crippen LogP contribution in [-0.2, 0) is 16.7 Å². The first-order valence-corrected chi connectivity index (χ1v) is 11.6. The van der Waals surface area contributed by atoms with Gasteiger partial charge in [-0.1, -0.05) is 29.8 Å². The second-order valence-electron chi connectivity index (χ2n) is 7.49. The van der Waals surface area contributed by atoms with E-state index in [0.717, 1.165) is 21.5 Å². The summed E-state index contributed by atoms with van der Waals surface area (Å²) in [5.41, 5.74) is 2.02. The van der Waals surface area contributed by atoms with Crippen molar-refractivity contribution in [1.82, 2.24) is 24.0 Å². The third-order valence-electron chi connectivity index (χ3n) is 5.29. The number of rotatable bonds is 5. The summed E-state index contributed by atoms with van der Waals surface area (Å²) in [6.07, 6.45) is 0. The number of sulfonamides is 1. The molecule has 0 atom stereocenters. The SMILES string of the molecule is Cc1ccc(-c2nc(=S)n(CN3CCN(S(=O)(=O)c4ccc(F)c(F)c4F)CC3)[nH]2)cc1. The Bertz CT molecular complexity index is 1300. The summed E-state index contributed by atoms with van der Waals surface area (Å²) in [7, 11) is -4.29. The molecule has 1 saturated heterocycles. The number of aromatic amines is 1. The maximum Gasteiger partial charge on any atom is 0.246 e. The quantitative estimate of drug-likeness (QED) is 0.445. The van der Waals surface area contributed by atoms with Gasteiger partial charge in [-0.25, -0.2) is 26.3 Å². The molecule has 1 fully saturated rings. The zero-order chi connectivity index (χ0) is 23.0. The Morgan fingerprint density at radius 3 is 2.31 bits per heavy atom. The smallest absolute Gasteiger partial charge is 0.246 e. The van der Waals surface area contributed by atoms with E-state index in [1.807, 2.05) is 36.1 Å². The van der Waals surface area contributed by atoms with Gasteiger partial charge in [-0.05, 0) is 31.3 Å². The number of nitrogens with zero attached hydrogens (tertiary/aromatic N) is 4. The lowest BCUT2D eigenvalue weighted by molar-refractivity contribution is 0.144. The number of aromatic nitrogens is 3. The number of hydrogen-bond acceptors (Lipinski definition) is 5. The number of H-pyrrole nitrogens is 1. The Morgan fingerprint density at radius 1 is 1.00 bits per heavy atom. The van der Waals surface area contributed by atoms with E-state index in [0.29, 0.717) is 36.4 Å². The Morgan fingerprint density at radius 2 is 1.66 bits per heavy atom. The third-order valence-corrected chi connectivity index (χ3v) is 7.52. The number of aryl methyl sites for hydroxylation is 1. The van der Waals surface area contributed by atoms with Gasteiger partial charge < -0.3 is 0 Å². The fraction of sp³-hybridized carbons (Fsp3) is 0.300. The van der Waals surface area contributed by atoms with Crippen LogP contribution in [0.15, 0.2) is 41.3 Å². The number of nitrogens with one attached hydrogen (secondary N) is 1. The van der Waals surface area contributed by atoms with Crippen molar-refractivity contribution in [2.24, 2.45) is 0 Å². The highest BCUT2D eigenvalue weighted by molar-refractivity contribution is 7.89. The molecule has 170 valence electrons. The van der Waals surface area contributed by atoms with Crippen molar-refractivity contribution < 1.29 is 21.6 Å². The molecule has 32 heavy (non-hydrogen) atoms. The molecule has 7 nitrogen and oxygen atoms in total. The summed E-state index contributed by atoms with van der Waals surface area (Å²) < 4.78 is 69.2. The molecule has 0 saturated carbocycles. The highest BCUT2D eigenvalue weighted by Crippen LogP contribution is 2.24. The predicted molar refractivity (Wildman–Crippen MR) is 114 cm³/mol. The summed E-state index contributed by atoms with van der Waals surface area (Å²) in [6, 6.07) is 9.17. The normalized spacial score (nSPS) is 15.9. The Hall–Kier alpha value is -2.54. The second kappa shape index (κ2) is 8.77. The van der Waals surface area contributed by atoms with Crippen molar-refractivity contribution >= 4 is 22.2 Å². The Labute approximate surface area is 188 Å². The van der Waals surface area contributed by atoms with Crippen LogP contribution >= 0.6 is 12.2 Å².